The normalized spacial score (nSPS) is 23.4. The summed E-state index contributed by atoms with van der Waals surface area (Å²) in [7, 11) is 1.57. The Morgan fingerprint density at radius 2 is 1.94 bits per heavy atom. The molecule has 2 heterocycles. The molecule has 7 heteroatoms. The lowest BCUT2D eigenvalue weighted by Gasteiger charge is -2.58. The Morgan fingerprint density at radius 3 is 2.67 bits per heavy atom. The molecule has 3 amide bonds. The van der Waals surface area contributed by atoms with Crippen molar-refractivity contribution in [3.05, 3.63) is 59.7 Å². The fourth-order valence-electron chi connectivity index (χ4n) is 5.86. The Morgan fingerprint density at radius 1 is 1.17 bits per heavy atom. The molecular weight excluding hydrogens is 454 g/mol. The number of aliphatic hydroxyl groups excluding tert-OH is 1. The van der Waals surface area contributed by atoms with Crippen molar-refractivity contribution in [1.29, 1.82) is 0 Å². The van der Waals surface area contributed by atoms with Crippen LogP contribution in [0, 0.1) is 17.8 Å². The highest BCUT2D eigenvalue weighted by Crippen LogP contribution is 2.43. The zero-order chi connectivity index (χ0) is 25.1. The fourth-order valence-corrected chi connectivity index (χ4v) is 5.86. The molecule has 5 rings (SSSR count). The lowest BCUT2D eigenvalue weighted by Crippen LogP contribution is -2.73. The Balaban J connectivity index is 1.26. The van der Waals surface area contributed by atoms with Crippen LogP contribution in [0.5, 0.6) is 5.75 Å². The highest BCUT2D eigenvalue weighted by molar-refractivity contribution is 5.94. The number of nitrogens with one attached hydrogen (secondary N) is 1. The lowest BCUT2D eigenvalue weighted by molar-refractivity contribution is -0.159. The second kappa shape index (κ2) is 10.6. The van der Waals surface area contributed by atoms with E-state index in [9.17, 15) is 14.7 Å². The number of aliphatic hydroxyl groups is 1. The van der Waals surface area contributed by atoms with Gasteiger partial charge in [0.2, 0.25) is 5.91 Å². The maximum absolute atomic E-state index is 13.0. The van der Waals surface area contributed by atoms with Crippen molar-refractivity contribution in [2.75, 3.05) is 32.1 Å². The van der Waals surface area contributed by atoms with E-state index in [1.807, 2.05) is 24.3 Å². The Bertz CT molecular complexity index is 1160. The smallest absolute Gasteiger partial charge is 0.322 e. The highest BCUT2D eigenvalue weighted by Gasteiger charge is 2.54. The molecule has 2 N–H and O–H groups in total. The second-order valence-corrected chi connectivity index (χ2v) is 9.97. The van der Waals surface area contributed by atoms with Crippen molar-refractivity contribution in [3.63, 3.8) is 0 Å². The number of carbonyl (C=O) groups excluding carboxylic acids is 2. The molecule has 2 aromatic rings. The molecule has 2 saturated heterocycles. The predicted octanol–water partition coefficient (Wildman–Crippen LogP) is 3.83. The average molecular weight is 488 g/mol. The summed E-state index contributed by atoms with van der Waals surface area (Å²) in [6.07, 6.45) is 6.21. The summed E-state index contributed by atoms with van der Waals surface area (Å²) in [4.78, 5) is 29.2. The van der Waals surface area contributed by atoms with Gasteiger partial charge in [-0.2, -0.15) is 0 Å². The summed E-state index contributed by atoms with van der Waals surface area (Å²) >= 11 is 0. The van der Waals surface area contributed by atoms with E-state index >= 15 is 0 Å². The molecule has 0 radical (unpaired) electrons. The lowest BCUT2D eigenvalue weighted by atomic mass is 9.73. The monoisotopic (exact) mass is 487 g/mol. The number of carbonyl (C=O) groups is 2. The quantitative estimate of drug-likeness (QED) is 0.628. The van der Waals surface area contributed by atoms with Gasteiger partial charge >= 0.3 is 6.03 Å². The van der Waals surface area contributed by atoms with Gasteiger partial charge in [-0.3, -0.25) is 4.79 Å². The van der Waals surface area contributed by atoms with E-state index in [1.54, 1.807) is 41.2 Å². The minimum Gasteiger partial charge on any atom is -0.497 e. The molecule has 3 fully saturated rings. The summed E-state index contributed by atoms with van der Waals surface area (Å²) in [5, 5.41) is 12.9. The van der Waals surface area contributed by atoms with Crippen molar-refractivity contribution >= 4 is 17.6 Å². The SMILES string of the molecule is COc1cccc(NC(=O)N2CC(=O)N3[C@H](CO)[C@@H](c4ccc(C#CCC5CCCC5)cc4)[C@H]3C2)c1. The van der Waals surface area contributed by atoms with Gasteiger partial charge in [0.05, 0.1) is 25.8 Å². The van der Waals surface area contributed by atoms with Crippen LogP contribution in [0.4, 0.5) is 10.5 Å². The number of hydrogen-bond acceptors (Lipinski definition) is 4. The van der Waals surface area contributed by atoms with Gasteiger partial charge in [-0.05, 0) is 48.6 Å². The number of urea groups is 1. The summed E-state index contributed by atoms with van der Waals surface area (Å²) in [5.74, 6) is 7.83. The third kappa shape index (κ3) is 4.91. The number of nitrogens with zero attached hydrogens (tertiary/aromatic N) is 2. The van der Waals surface area contributed by atoms with Gasteiger partial charge in [0, 0.05) is 36.2 Å². The minimum atomic E-state index is -0.324. The van der Waals surface area contributed by atoms with Gasteiger partial charge in [-0.1, -0.05) is 42.9 Å². The van der Waals surface area contributed by atoms with Crippen molar-refractivity contribution in [2.45, 2.75) is 50.1 Å². The number of benzene rings is 2. The first-order valence-corrected chi connectivity index (χ1v) is 12.8. The van der Waals surface area contributed by atoms with E-state index in [4.69, 9.17) is 4.74 Å². The molecule has 1 saturated carbocycles. The number of fused-ring (bicyclic) bond motifs is 1. The highest BCUT2D eigenvalue weighted by atomic mass is 16.5. The number of methoxy groups -OCH3 is 1. The minimum absolute atomic E-state index is 0.00889. The molecule has 2 aromatic carbocycles. The molecule has 0 unspecified atom stereocenters. The molecule has 3 atom stereocenters. The van der Waals surface area contributed by atoms with Crippen molar-refractivity contribution in [3.8, 4) is 17.6 Å². The number of rotatable bonds is 5. The van der Waals surface area contributed by atoms with E-state index in [1.165, 1.54) is 25.7 Å². The molecule has 0 aromatic heterocycles. The van der Waals surface area contributed by atoms with Crippen LogP contribution in [0.1, 0.15) is 49.1 Å². The zero-order valence-corrected chi connectivity index (χ0v) is 20.7. The van der Waals surface area contributed by atoms with Gasteiger partial charge in [0.25, 0.3) is 0 Å². The van der Waals surface area contributed by atoms with Crippen LogP contribution in [0.25, 0.3) is 0 Å². The summed E-state index contributed by atoms with van der Waals surface area (Å²) in [6.45, 7) is 0.294. The largest absolute Gasteiger partial charge is 0.497 e. The van der Waals surface area contributed by atoms with Gasteiger partial charge in [-0.25, -0.2) is 4.79 Å². The van der Waals surface area contributed by atoms with Crippen molar-refractivity contribution in [1.82, 2.24) is 9.80 Å². The number of hydrogen-bond donors (Lipinski definition) is 2. The first kappa shape index (κ1) is 24.2. The van der Waals surface area contributed by atoms with Gasteiger partial charge in [0.1, 0.15) is 12.3 Å². The van der Waals surface area contributed by atoms with Crippen molar-refractivity contribution < 1.29 is 19.4 Å². The molecule has 0 bridgehead atoms. The van der Waals surface area contributed by atoms with E-state index < -0.39 is 0 Å². The van der Waals surface area contributed by atoms with Gasteiger partial charge in [0.15, 0.2) is 0 Å². The van der Waals surface area contributed by atoms with Crippen LogP contribution < -0.4 is 10.1 Å². The number of amides is 3. The van der Waals surface area contributed by atoms with E-state index in [0.717, 1.165) is 23.5 Å². The summed E-state index contributed by atoms with van der Waals surface area (Å²) in [5.41, 5.74) is 2.64. The van der Waals surface area contributed by atoms with E-state index in [-0.39, 0.29) is 43.1 Å². The fraction of sp³-hybridized carbons (Fsp3) is 0.448. The van der Waals surface area contributed by atoms with Crippen LogP contribution in [0.2, 0.25) is 0 Å². The van der Waals surface area contributed by atoms with E-state index in [0.29, 0.717) is 18.0 Å². The molecular formula is C29H33N3O4. The maximum Gasteiger partial charge on any atom is 0.322 e. The van der Waals surface area contributed by atoms with Crippen LogP contribution >= 0.6 is 0 Å². The number of anilines is 1. The summed E-state index contributed by atoms with van der Waals surface area (Å²) < 4.78 is 5.22. The van der Waals surface area contributed by atoms with Gasteiger partial charge in [-0.15, -0.1) is 0 Å². The predicted molar refractivity (Wildman–Crippen MR) is 138 cm³/mol. The average Bonchev–Trinajstić information content (AvgIpc) is 3.40. The van der Waals surface area contributed by atoms with Gasteiger partial charge < -0.3 is 25.0 Å². The Kier molecular flexibility index (Phi) is 7.15. The third-order valence-electron chi connectivity index (χ3n) is 7.75. The van der Waals surface area contributed by atoms with E-state index in [2.05, 4.69) is 17.2 Å². The summed E-state index contributed by atoms with van der Waals surface area (Å²) in [6, 6.07) is 14.5. The van der Waals surface area contributed by atoms with Crippen LogP contribution in [0.3, 0.4) is 0 Å². The molecule has 7 nitrogen and oxygen atoms in total. The zero-order valence-electron chi connectivity index (χ0n) is 20.7. The molecule has 2 aliphatic heterocycles. The number of piperazine rings is 1. The maximum atomic E-state index is 13.0. The molecule has 188 valence electrons. The molecule has 1 aliphatic carbocycles. The molecule has 3 aliphatic rings. The van der Waals surface area contributed by atoms with Crippen molar-refractivity contribution in [2.24, 2.45) is 5.92 Å². The van der Waals surface area contributed by atoms with Crippen LogP contribution in [-0.2, 0) is 4.79 Å². The second-order valence-electron chi connectivity index (χ2n) is 9.97. The molecule has 0 spiro atoms. The molecule has 36 heavy (non-hydrogen) atoms. The topological polar surface area (TPSA) is 82.1 Å². The van der Waals surface area contributed by atoms with Crippen LogP contribution in [0.15, 0.2) is 48.5 Å². The first-order chi connectivity index (χ1) is 17.6. The number of ether oxygens (including phenoxy) is 1. The Labute approximate surface area is 212 Å². The standard InChI is InChI=1S/C29H33N3O4/c1-36-24-11-5-10-23(16-24)30-29(35)31-17-25-28(26(19-33)32(25)27(34)18-31)22-14-12-21(13-15-22)9-4-8-20-6-2-3-7-20/h5,10-16,20,25-26,28,33H,2-3,6-8,17-19H2,1H3,(H,30,35)/t25-,26-,28+/m1/s1. The Hall–Kier alpha value is -3.50. The first-order valence-electron chi connectivity index (χ1n) is 12.8. The van der Waals surface area contributed by atoms with Crippen LogP contribution in [-0.4, -0.2) is 65.7 Å². The third-order valence-corrected chi connectivity index (χ3v) is 7.75.